The summed E-state index contributed by atoms with van der Waals surface area (Å²) in [6.07, 6.45) is 1.45. The number of halogens is 2. The van der Waals surface area contributed by atoms with E-state index in [1.165, 1.54) is 6.07 Å². The van der Waals surface area contributed by atoms with Gasteiger partial charge in [-0.1, -0.05) is 22.9 Å². The number of nitrogens with one attached hydrogen (secondary N) is 1. The molecule has 0 bridgehead atoms. The van der Waals surface area contributed by atoms with Crippen molar-refractivity contribution in [3.8, 4) is 11.4 Å². The molecule has 28 heavy (non-hydrogen) atoms. The second-order valence-corrected chi connectivity index (χ2v) is 6.73. The molecule has 1 N–H and O–H groups in total. The van der Waals surface area contributed by atoms with Crippen molar-refractivity contribution in [2.75, 3.05) is 11.9 Å². The van der Waals surface area contributed by atoms with Crippen LogP contribution in [0, 0.1) is 18.6 Å². The van der Waals surface area contributed by atoms with Crippen molar-refractivity contribution in [2.45, 2.75) is 25.8 Å². The Balaban J connectivity index is 1.53. The molecule has 2 aromatic carbocycles. The summed E-state index contributed by atoms with van der Waals surface area (Å²) in [5, 5.41) is 6.66. The van der Waals surface area contributed by atoms with Crippen LogP contribution in [-0.4, -0.2) is 27.6 Å². The van der Waals surface area contributed by atoms with Crippen molar-refractivity contribution < 1.29 is 18.1 Å². The maximum Gasteiger partial charge on any atom is 0.322 e. The lowest BCUT2D eigenvalue weighted by Crippen LogP contribution is -2.34. The number of rotatable bonds is 3. The molecule has 1 saturated heterocycles. The number of amides is 2. The number of likely N-dealkylation sites (tertiary alicyclic amines) is 1. The Morgan fingerprint density at radius 1 is 1.21 bits per heavy atom. The van der Waals surface area contributed by atoms with E-state index in [2.05, 4.69) is 15.5 Å². The second-order valence-electron chi connectivity index (χ2n) is 6.73. The van der Waals surface area contributed by atoms with Gasteiger partial charge in [-0.05, 0) is 44.0 Å². The van der Waals surface area contributed by atoms with Crippen LogP contribution in [0.15, 0.2) is 47.0 Å². The fourth-order valence-corrected chi connectivity index (χ4v) is 3.25. The first-order chi connectivity index (χ1) is 13.5. The van der Waals surface area contributed by atoms with E-state index in [9.17, 15) is 13.6 Å². The van der Waals surface area contributed by atoms with Crippen molar-refractivity contribution >= 4 is 11.7 Å². The van der Waals surface area contributed by atoms with Gasteiger partial charge in [-0.15, -0.1) is 0 Å². The molecule has 1 aliphatic heterocycles. The largest absolute Gasteiger partial charge is 0.337 e. The molecular weight excluding hydrogens is 366 g/mol. The summed E-state index contributed by atoms with van der Waals surface area (Å²) in [5.74, 6) is -1.19. The van der Waals surface area contributed by atoms with Crippen LogP contribution < -0.4 is 5.32 Å². The maximum absolute atomic E-state index is 14.0. The number of aryl methyl sites for hydroxylation is 1. The van der Waals surface area contributed by atoms with Crippen LogP contribution in [0.2, 0.25) is 0 Å². The van der Waals surface area contributed by atoms with Gasteiger partial charge in [-0.2, -0.15) is 4.98 Å². The highest BCUT2D eigenvalue weighted by molar-refractivity contribution is 5.89. The lowest BCUT2D eigenvalue weighted by Gasteiger charge is -2.22. The smallest absolute Gasteiger partial charge is 0.322 e. The topological polar surface area (TPSA) is 71.3 Å². The fourth-order valence-electron chi connectivity index (χ4n) is 3.25. The van der Waals surface area contributed by atoms with E-state index in [0.29, 0.717) is 18.7 Å². The number of carbonyl (C=O) groups is 1. The van der Waals surface area contributed by atoms with E-state index in [-0.39, 0.29) is 23.3 Å². The van der Waals surface area contributed by atoms with Crippen LogP contribution in [0.1, 0.15) is 30.3 Å². The minimum atomic E-state index is -0.771. The number of aromatic nitrogens is 2. The van der Waals surface area contributed by atoms with Gasteiger partial charge in [0.1, 0.15) is 17.7 Å². The third-order valence-corrected chi connectivity index (χ3v) is 4.72. The average molecular weight is 384 g/mol. The van der Waals surface area contributed by atoms with Crippen LogP contribution in [0.5, 0.6) is 0 Å². The Morgan fingerprint density at radius 2 is 2.00 bits per heavy atom. The van der Waals surface area contributed by atoms with Crippen LogP contribution in [0.3, 0.4) is 0 Å². The molecule has 4 rings (SSSR count). The normalized spacial score (nSPS) is 16.4. The molecule has 1 atom stereocenters. The predicted molar refractivity (Wildman–Crippen MR) is 98.5 cm³/mol. The number of urea groups is 1. The first kappa shape index (κ1) is 18.1. The number of hydrogen-bond acceptors (Lipinski definition) is 4. The average Bonchev–Trinajstić information content (AvgIpc) is 3.32. The Kier molecular flexibility index (Phi) is 4.77. The molecule has 2 amide bonds. The van der Waals surface area contributed by atoms with E-state index in [1.54, 1.807) is 4.90 Å². The molecule has 144 valence electrons. The molecule has 0 saturated carbocycles. The third-order valence-electron chi connectivity index (χ3n) is 4.72. The molecule has 0 unspecified atom stereocenters. The minimum Gasteiger partial charge on any atom is -0.337 e. The molecule has 6 nitrogen and oxygen atoms in total. The molecule has 0 radical (unpaired) electrons. The first-order valence-corrected chi connectivity index (χ1v) is 8.94. The van der Waals surface area contributed by atoms with Gasteiger partial charge in [0.15, 0.2) is 0 Å². The molecule has 8 heteroatoms. The number of hydrogen-bond donors (Lipinski definition) is 1. The van der Waals surface area contributed by atoms with Gasteiger partial charge in [-0.25, -0.2) is 13.6 Å². The van der Waals surface area contributed by atoms with E-state index < -0.39 is 17.7 Å². The molecule has 1 fully saturated rings. The van der Waals surface area contributed by atoms with E-state index in [0.717, 1.165) is 24.1 Å². The van der Waals surface area contributed by atoms with Gasteiger partial charge in [0.2, 0.25) is 11.7 Å². The molecule has 0 spiro atoms. The lowest BCUT2D eigenvalue weighted by atomic mass is 10.2. The predicted octanol–water partition coefficient (Wildman–Crippen LogP) is 4.69. The first-order valence-electron chi connectivity index (χ1n) is 8.94. The minimum absolute atomic E-state index is 0.0262. The Hall–Kier alpha value is -3.29. The standard InChI is InChI=1S/C20H18F2N4O2/c1-12-4-7-14(8-5-12)23-20(27)26-10-2-3-17(26)19-24-18(25-28-19)15-9-6-13(21)11-16(15)22/h4-9,11,17H,2-3,10H2,1H3,(H,23,27)/t17-/m0/s1. The van der Waals surface area contributed by atoms with Gasteiger partial charge in [0.25, 0.3) is 0 Å². The summed E-state index contributed by atoms with van der Waals surface area (Å²) in [6.45, 7) is 2.52. The maximum atomic E-state index is 14.0. The zero-order valence-corrected chi connectivity index (χ0v) is 15.2. The molecule has 2 heterocycles. The fraction of sp³-hybridized carbons (Fsp3) is 0.250. The van der Waals surface area contributed by atoms with Crippen molar-refractivity contribution in [3.63, 3.8) is 0 Å². The number of nitrogens with zero attached hydrogens (tertiary/aromatic N) is 3. The highest BCUT2D eigenvalue weighted by Crippen LogP contribution is 2.33. The molecule has 1 aromatic heterocycles. The summed E-state index contributed by atoms with van der Waals surface area (Å²) in [6, 6.07) is 10.00. The van der Waals surface area contributed by atoms with Crippen molar-refractivity contribution in [1.29, 1.82) is 0 Å². The van der Waals surface area contributed by atoms with Gasteiger partial charge in [0.05, 0.1) is 5.56 Å². The highest BCUT2D eigenvalue weighted by Gasteiger charge is 2.34. The molecular formula is C20H18F2N4O2. The van der Waals surface area contributed by atoms with Gasteiger partial charge in [-0.3, -0.25) is 0 Å². The summed E-state index contributed by atoms with van der Waals surface area (Å²) in [5.41, 5.74) is 1.84. The Morgan fingerprint density at radius 3 is 2.75 bits per heavy atom. The van der Waals surface area contributed by atoms with Crippen LogP contribution in [0.4, 0.5) is 19.3 Å². The van der Waals surface area contributed by atoms with E-state index >= 15 is 0 Å². The van der Waals surface area contributed by atoms with Crippen molar-refractivity contribution in [1.82, 2.24) is 15.0 Å². The SMILES string of the molecule is Cc1ccc(NC(=O)N2CCC[C@H]2c2nc(-c3ccc(F)cc3F)no2)cc1. The van der Waals surface area contributed by atoms with E-state index in [1.807, 2.05) is 31.2 Å². The summed E-state index contributed by atoms with van der Waals surface area (Å²) < 4.78 is 32.4. The van der Waals surface area contributed by atoms with E-state index in [4.69, 9.17) is 4.52 Å². The summed E-state index contributed by atoms with van der Waals surface area (Å²) >= 11 is 0. The summed E-state index contributed by atoms with van der Waals surface area (Å²) in [7, 11) is 0. The second kappa shape index (κ2) is 7.38. The number of benzene rings is 2. The van der Waals surface area contributed by atoms with Crippen molar-refractivity contribution in [3.05, 3.63) is 65.6 Å². The molecule has 1 aliphatic rings. The van der Waals surface area contributed by atoms with Crippen LogP contribution in [0.25, 0.3) is 11.4 Å². The van der Waals surface area contributed by atoms with Gasteiger partial charge in [0, 0.05) is 18.3 Å². The molecule has 0 aliphatic carbocycles. The zero-order valence-electron chi connectivity index (χ0n) is 15.2. The van der Waals surface area contributed by atoms with Gasteiger partial charge < -0.3 is 14.7 Å². The number of carbonyl (C=O) groups excluding carboxylic acids is 1. The third kappa shape index (κ3) is 3.58. The van der Waals surface area contributed by atoms with Crippen LogP contribution in [-0.2, 0) is 0 Å². The van der Waals surface area contributed by atoms with Gasteiger partial charge >= 0.3 is 6.03 Å². The van der Waals surface area contributed by atoms with Crippen LogP contribution >= 0.6 is 0 Å². The lowest BCUT2D eigenvalue weighted by molar-refractivity contribution is 0.193. The summed E-state index contributed by atoms with van der Waals surface area (Å²) in [4.78, 5) is 18.5. The Labute approximate surface area is 160 Å². The highest BCUT2D eigenvalue weighted by atomic mass is 19.1. The number of anilines is 1. The molecule has 3 aromatic rings. The quantitative estimate of drug-likeness (QED) is 0.711. The Bertz CT molecular complexity index is 1000. The zero-order chi connectivity index (χ0) is 19.7. The van der Waals surface area contributed by atoms with Crippen molar-refractivity contribution in [2.24, 2.45) is 0 Å². The monoisotopic (exact) mass is 384 g/mol.